The second kappa shape index (κ2) is 9.19. The zero-order chi connectivity index (χ0) is 15.7. The molecule has 1 aromatic carbocycles. The van der Waals surface area contributed by atoms with Gasteiger partial charge in [0.25, 0.3) is 0 Å². The van der Waals surface area contributed by atoms with Crippen LogP contribution in [0.2, 0.25) is 0 Å². The summed E-state index contributed by atoms with van der Waals surface area (Å²) in [7, 11) is 1.47. The number of aliphatic hydroxyl groups is 1. The lowest BCUT2D eigenvalue weighted by Crippen LogP contribution is -2.11. The van der Waals surface area contributed by atoms with Gasteiger partial charge in [0.1, 0.15) is 0 Å². The third kappa shape index (κ3) is 6.45. The molecule has 0 radical (unpaired) electrons. The number of methoxy groups -OCH3 is 1. The smallest absolute Gasteiger partial charge is 0.161 e. The van der Waals surface area contributed by atoms with Crippen LogP contribution in [0, 0.1) is 0 Å². The number of phenolic OH excluding ortho intramolecular Hbond substituents is 1. The van der Waals surface area contributed by atoms with Crippen molar-refractivity contribution in [2.75, 3.05) is 7.11 Å². The second-order valence-electron chi connectivity index (χ2n) is 5.08. The van der Waals surface area contributed by atoms with Crippen molar-refractivity contribution in [1.29, 1.82) is 0 Å². The molecule has 21 heavy (non-hydrogen) atoms. The molecule has 0 aliphatic rings. The molecular formula is C17H24O4. The number of allylic oxidation sites excluding steroid dienone is 1. The second-order valence-corrected chi connectivity index (χ2v) is 5.08. The van der Waals surface area contributed by atoms with Crippen molar-refractivity contribution in [3.05, 3.63) is 29.8 Å². The molecule has 2 N–H and O–H groups in total. The van der Waals surface area contributed by atoms with Gasteiger partial charge in [-0.05, 0) is 30.2 Å². The predicted octanol–water partition coefficient (Wildman–Crippen LogP) is 3.31. The number of ether oxygens (including phenoxy) is 1. The fourth-order valence-electron chi connectivity index (χ4n) is 2.02. The average molecular weight is 292 g/mol. The molecule has 0 amide bonds. The summed E-state index contributed by atoms with van der Waals surface area (Å²) < 4.78 is 5.00. The Morgan fingerprint density at radius 1 is 1.38 bits per heavy atom. The summed E-state index contributed by atoms with van der Waals surface area (Å²) in [6.45, 7) is 2.10. The monoisotopic (exact) mass is 292 g/mol. The van der Waals surface area contributed by atoms with E-state index in [2.05, 4.69) is 6.92 Å². The molecule has 1 atom stereocenters. The summed E-state index contributed by atoms with van der Waals surface area (Å²) in [5, 5.41) is 19.2. The Bertz CT molecular complexity index is 480. The lowest BCUT2D eigenvalue weighted by Gasteiger charge is -2.07. The first kappa shape index (κ1) is 17.2. The quantitative estimate of drug-likeness (QED) is 0.541. The molecule has 4 heteroatoms. The standard InChI is InChI=1S/C17H24O4/c1-3-4-5-6-14(18)12-15(19)9-7-13-8-10-16(20)17(11-13)21-2/h7-11,14,18,20H,3-6,12H2,1-2H3/b9-7+. The molecule has 0 aliphatic carbocycles. The number of phenols is 1. The normalized spacial score (nSPS) is 12.5. The van der Waals surface area contributed by atoms with E-state index in [4.69, 9.17) is 4.74 Å². The van der Waals surface area contributed by atoms with Crippen LogP contribution in [-0.4, -0.2) is 29.2 Å². The maximum absolute atomic E-state index is 11.8. The average Bonchev–Trinajstić information content (AvgIpc) is 2.46. The first-order valence-electron chi connectivity index (χ1n) is 7.32. The Kier molecular flexibility index (Phi) is 7.54. The molecular weight excluding hydrogens is 268 g/mol. The van der Waals surface area contributed by atoms with Gasteiger partial charge in [0, 0.05) is 6.42 Å². The van der Waals surface area contributed by atoms with Crippen molar-refractivity contribution in [1.82, 2.24) is 0 Å². The van der Waals surface area contributed by atoms with Gasteiger partial charge in [-0.3, -0.25) is 4.79 Å². The Morgan fingerprint density at radius 2 is 2.14 bits per heavy atom. The van der Waals surface area contributed by atoms with Gasteiger partial charge >= 0.3 is 0 Å². The molecule has 0 aliphatic heterocycles. The number of hydrogen-bond acceptors (Lipinski definition) is 4. The van der Waals surface area contributed by atoms with Crippen LogP contribution in [0.4, 0.5) is 0 Å². The maximum Gasteiger partial charge on any atom is 0.161 e. The van der Waals surface area contributed by atoms with Crippen molar-refractivity contribution >= 4 is 11.9 Å². The number of hydrogen-bond donors (Lipinski definition) is 2. The first-order chi connectivity index (χ1) is 10.1. The number of aliphatic hydroxyl groups excluding tert-OH is 1. The van der Waals surface area contributed by atoms with Gasteiger partial charge < -0.3 is 14.9 Å². The maximum atomic E-state index is 11.8. The zero-order valence-corrected chi connectivity index (χ0v) is 12.7. The molecule has 0 spiro atoms. The van der Waals surface area contributed by atoms with Crippen molar-refractivity contribution in [3.63, 3.8) is 0 Å². The van der Waals surface area contributed by atoms with Crippen molar-refractivity contribution in [2.45, 2.75) is 45.1 Å². The molecule has 0 aromatic heterocycles. The van der Waals surface area contributed by atoms with Crippen LogP contribution in [-0.2, 0) is 4.79 Å². The summed E-state index contributed by atoms with van der Waals surface area (Å²) in [6, 6.07) is 4.86. The van der Waals surface area contributed by atoms with Crippen LogP contribution in [0.15, 0.2) is 24.3 Å². The van der Waals surface area contributed by atoms with E-state index in [1.165, 1.54) is 19.3 Å². The molecule has 0 saturated heterocycles. The van der Waals surface area contributed by atoms with E-state index in [9.17, 15) is 15.0 Å². The fourth-order valence-corrected chi connectivity index (χ4v) is 2.02. The molecule has 1 unspecified atom stereocenters. The Labute approximate surface area is 126 Å². The lowest BCUT2D eigenvalue weighted by molar-refractivity contribution is -0.116. The molecule has 116 valence electrons. The predicted molar refractivity (Wildman–Crippen MR) is 83.5 cm³/mol. The molecule has 0 bridgehead atoms. The largest absolute Gasteiger partial charge is 0.504 e. The number of benzene rings is 1. The summed E-state index contributed by atoms with van der Waals surface area (Å²) >= 11 is 0. The van der Waals surface area contributed by atoms with Crippen LogP contribution in [0.3, 0.4) is 0 Å². The van der Waals surface area contributed by atoms with E-state index in [-0.39, 0.29) is 18.0 Å². The topological polar surface area (TPSA) is 66.8 Å². The third-order valence-corrected chi connectivity index (χ3v) is 3.24. The van der Waals surface area contributed by atoms with Crippen molar-refractivity contribution < 1.29 is 19.7 Å². The van der Waals surface area contributed by atoms with Gasteiger partial charge in [0.2, 0.25) is 0 Å². The molecule has 0 saturated carbocycles. The number of carbonyl (C=O) groups is 1. The molecule has 4 nitrogen and oxygen atoms in total. The zero-order valence-electron chi connectivity index (χ0n) is 12.7. The van der Waals surface area contributed by atoms with Crippen molar-refractivity contribution in [3.8, 4) is 11.5 Å². The summed E-state index contributed by atoms with van der Waals surface area (Å²) in [5.74, 6) is 0.322. The SMILES string of the molecule is CCCCCC(O)CC(=O)/C=C/c1ccc(O)c(OC)c1. The van der Waals surface area contributed by atoms with Crippen LogP contribution in [0.1, 0.15) is 44.6 Å². The van der Waals surface area contributed by atoms with E-state index < -0.39 is 6.10 Å². The molecule has 1 aromatic rings. The van der Waals surface area contributed by atoms with E-state index in [0.29, 0.717) is 12.2 Å². The Hall–Kier alpha value is -1.81. The highest BCUT2D eigenvalue weighted by Gasteiger charge is 2.08. The minimum Gasteiger partial charge on any atom is -0.504 e. The van der Waals surface area contributed by atoms with Crippen LogP contribution in [0.25, 0.3) is 6.08 Å². The molecule has 0 heterocycles. The number of aromatic hydroxyl groups is 1. The van der Waals surface area contributed by atoms with Gasteiger partial charge in [-0.2, -0.15) is 0 Å². The highest BCUT2D eigenvalue weighted by Crippen LogP contribution is 2.26. The number of rotatable bonds is 9. The Balaban J connectivity index is 2.50. The van der Waals surface area contributed by atoms with E-state index >= 15 is 0 Å². The highest BCUT2D eigenvalue weighted by molar-refractivity contribution is 5.93. The Morgan fingerprint density at radius 3 is 2.81 bits per heavy atom. The molecule has 1 rings (SSSR count). The number of unbranched alkanes of at least 4 members (excludes halogenated alkanes) is 2. The summed E-state index contributed by atoms with van der Waals surface area (Å²) in [4.78, 5) is 11.8. The third-order valence-electron chi connectivity index (χ3n) is 3.24. The fraction of sp³-hybridized carbons (Fsp3) is 0.471. The van der Waals surface area contributed by atoms with Gasteiger partial charge in [-0.25, -0.2) is 0 Å². The highest BCUT2D eigenvalue weighted by atomic mass is 16.5. The van der Waals surface area contributed by atoms with Crippen molar-refractivity contribution in [2.24, 2.45) is 0 Å². The van der Waals surface area contributed by atoms with E-state index in [0.717, 1.165) is 24.8 Å². The van der Waals surface area contributed by atoms with Gasteiger partial charge in [0.05, 0.1) is 13.2 Å². The van der Waals surface area contributed by atoms with E-state index in [1.54, 1.807) is 18.2 Å². The molecule has 0 fully saturated rings. The minimum atomic E-state index is -0.567. The summed E-state index contributed by atoms with van der Waals surface area (Å²) in [5.41, 5.74) is 0.762. The van der Waals surface area contributed by atoms with Gasteiger partial charge in [-0.1, -0.05) is 38.3 Å². The van der Waals surface area contributed by atoms with Gasteiger partial charge in [-0.15, -0.1) is 0 Å². The van der Waals surface area contributed by atoms with Crippen LogP contribution >= 0.6 is 0 Å². The first-order valence-corrected chi connectivity index (χ1v) is 7.32. The minimum absolute atomic E-state index is 0.0623. The summed E-state index contributed by atoms with van der Waals surface area (Å²) in [6.07, 6.45) is 6.48. The van der Waals surface area contributed by atoms with Crippen LogP contribution in [0.5, 0.6) is 11.5 Å². The van der Waals surface area contributed by atoms with E-state index in [1.807, 2.05) is 0 Å². The number of ketones is 1. The number of carbonyl (C=O) groups excluding carboxylic acids is 1. The lowest BCUT2D eigenvalue weighted by atomic mass is 10.0. The van der Waals surface area contributed by atoms with Gasteiger partial charge in [0.15, 0.2) is 17.3 Å². The van der Waals surface area contributed by atoms with Crippen LogP contribution < -0.4 is 4.74 Å².